The lowest BCUT2D eigenvalue weighted by molar-refractivity contribution is 0.366. The molecule has 1 unspecified atom stereocenters. The molecular weight excluding hydrogens is 240 g/mol. The summed E-state index contributed by atoms with van der Waals surface area (Å²) in [5.74, 6) is 2.79. The number of aryl methyl sites for hydroxylation is 2. The number of aromatic nitrogens is 3. The minimum atomic E-state index is 0.223. The van der Waals surface area contributed by atoms with Gasteiger partial charge < -0.3 is 10.6 Å². The smallest absolute Gasteiger partial charge is 0.191 e. The van der Waals surface area contributed by atoms with Crippen LogP contribution in [0.2, 0.25) is 0 Å². The number of nitrogens with one attached hydrogen (secondary N) is 2. The van der Waals surface area contributed by atoms with Gasteiger partial charge >= 0.3 is 0 Å². The quantitative estimate of drug-likeness (QED) is 0.619. The van der Waals surface area contributed by atoms with E-state index in [1.54, 1.807) is 0 Å². The normalized spacial score (nSPS) is 23.7. The van der Waals surface area contributed by atoms with Gasteiger partial charge in [0.15, 0.2) is 5.96 Å². The molecule has 0 saturated heterocycles. The van der Waals surface area contributed by atoms with Crippen LogP contribution in [0.3, 0.4) is 0 Å². The van der Waals surface area contributed by atoms with Crippen LogP contribution in [0, 0.1) is 6.92 Å². The third-order valence-corrected chi connectivity index (χ3v) is 3.96. The molecule has 19 heavy (non-hydrogen) atoms. The van der Waals surface area contributed by atoms with Gasteiger partial charge in [0, 0.05) is 19.6 Å². The van der Waals surface area contributed by atoms with Gasteiger partial charge in [-0.2, -0.15) is 5.10 Å². The first-order valence-electron chi connectivity index (χ1n) is 7.17. The third-order valence-electron chi connectivity index (χ3n) is 3.96. The van der Waals surface area contributed by atoms with E-state index >= 15 is 0 Å². The average molecular weight is 262 g/mol. The molecule has 1 atom stereocenters. The summed E-state index contributed by atoms with van der Waals surface area (Å²) in [6, 6.07) is 0.815. The molecule has 0 aromatic carbocycles. The molecule has 1 fully saturated rings. The largest absolute Gasteiger partial charge is 0.354 e. The number of aliphatic imine (C=N–C) groups is 1. The van der Waals surface area contributed by atoms with Gasteiger partial charge in [-0.3, -0.25) is 4.99 Å². The van der Waals surface area contributed by atoms with Crippen molar-refractivity contribution in [3.05, 3.63) is 11.6 Å². The Morgan fingerprint density at radius 1 is 1.26 bits per heavy atom. The number of hydrogen-bond donors (Lipinski definition) is 2. The van der Waals surface area contributed by atoms with E-state index in [-0.39, 0.29) is 6.04 Å². The molecule has 1 saturated carbocycles. The first kappa shape index (κ1) is 12.4. The zero-order chi connectivity index (χ0) is 13.2. The van der Waals surface area contributed by atoms with Crippen LogP contribution in [0.4, 0.5) is 0 Å². The molecule has 1 aliphatic heterocycles. The van der Waals surface area contributed by atoms with E-state index in [1.165, 1.54) is 19.3 Å². The predicted octanol–water partition coefficient (Wildman–Crippen LogP) is 1.14. The van der Waals surface area contributed by atoms with Gasteiger partial charge in [0.05, 0.1) is 6.04 Å². The molecule has 0 radical (unpaired) electrons. The van der Waals surface area contributed by atoms with Crippen LogP contribution in [-0.4, -0.2) is 33.8 Å². The molecule has 6 nitrogen and oxygen atoms in total. The van der Waals surface area contributed by atoms with Crippen molar-refractivity contribution in [3.63, 3.8) is 0 Å². The zero-order valence-electron chi connectivity index (χ0n) is 11.7. The molecule has 1 aromatic heterocycles. The maximum Gasteiger partial charge on any atom is 0.191 e. The van der Waals surface area contributed by atoms with E-state index in [9.17, 15) is 0 Å². The lowest BCUT2D eigenvalue weighted by Crippen LogP contribution is -2.48. The molecule has 6 heteroatoms. The summed E-state index contributed by atoms with van der Waals surface area (Å²) in [5, 5.41) is 11.4. The van der Waals surface area contributed by atoms with E-state index in [1.807, 2.05) is 18.7 Å². The molecule has 1 aliphatic carbocycles. The highest BCUT2D eigenvalue weighted by Gasteiger charge is 2.25. The minimum absolute atomic E-state index is 0.223. The second-order valence-electron chi connectivity index (χ2n) is 5.42. The molecule has 0 spiro atoms. The van der Waals surface area contributed by atoms with Crippen molar-refractivity contribution >= 4 is 5.96 Å². The monoisotopic (exact) mass is 262 g/mol. The molecule has 0 bridgehead atoms. The summed E-state index contributed by atoms with van der Waals surface area (Å²) < 4.78 is 2.02. The van der Waals surface area contributed by atoms with E-state index in [4.69, 9.17) is 0 Å². The Morgan fingerprint density at radius 2 is 2.11 bits per heavy atom. The van der Waals surface area contributed by atoms with Crippen molar-refractivity contribution in [2.75, 3.05) is 7.05 Å². The second-order valence-corrected chi connectivity index (χ2v) is 5.42. The second kappa shape index (κ2) is 5.19. The van der Waals surface area contributed by atoms with Crippen molar-refractivity contribution in [3.8, 4) is 0 Å². The zero-order valence-corrected chi connectivity index (χ0v) is 11.7. The summed E-state index contributed by atoms with van der Waals surface area (Å²) in [4.78, 5) is 8.86. The van der Waals surface area contributed by atoms with Gasteiger partial charge in [-0.1, -0.05) is 0 Å². The maximum atomic E-state index is 4.54. The summed E-state index contributed by atoms with van der Waals surface area (Å²) in [7, 11) is 1.83. The Balaban J connectivity index is 1.68. The minimum Gasteiger partial charge on any atom is -0.354 e. The summed E-state index contributed by atoms with van der Waals surface area (Å²) >= 11 is 0. The van der Waals surface area contributed by atoms with E-state index in [0.717, 1.165) is 37.0 Å². The molecule has 0 amide bonds. The van der Waals surface area contributed by atoms with Gasteiger partial charge in [-0.05, 0) is 39.0 Å². The van der Waals surface area contributed by atoms with Gasteiger partial charge in [0.2, 0.25) is 0 Å². The molecule has 3 rings (SSSR count). The van der Waals surface area contributed by atoms with Crippen molar-refractivity contribution in [1.29, 1.82) is 0 Å². The van der Waals surface area contributed by atoms with Crippen molar-refractivity contribution in [2.45, 2.75) is 57.7 Å². The van der Waals surface area contributed by atoms with Crippen LogP contribution in [0.1, 0.15) is 49.8 Å². The van der Waals surface area contributed by atoms with E-state index < -0.39 is 0 Å². The molecule has 2 aliphatic rings. The number of guanidine groups is 1. The van der Waals surface area contributed by atoms with Crippen LogP contribution in [0.15, 0.2) is 4.99 Å². The fourth-order valence-corrected chi connectivity index (χ4v) is 2.69. The van der Waals surface area contributed by atoms with Gasteiger partial charge in [-0.25, -0.2) is 9.67 Å². The summed E-state index contributed by atoms with van der Waals surface area (Å²) in [6.45, 7) is 2.92. The first-order chi connectivity index (χ1) is 9.26. The highest BCUT2D eigenvalue weighted by Crippen LogP contribution is 2.23. The predicted molar refractivity (Wildman–Crippen MR) is 74.0 cm³/mol. The standard InChI is InChI=1S/C13H22N6/c1-9-15-12-11(7-4-8-19(12)18-9)17-13(14-2)16-10-5-3-6-10/h10-11H,3-8H2,1-2H3,(H2,14,16,17). The van der Waals surface area contributed by atoms with Crippen LogP contribution >= 0.6 is 0 Å². The first-order valence-corrected chi connectivity index (χ1v) is 7.17. The maximum absolute atomic E-state index is 4.54. The number of nitrogens with zero attached hydrogens (tertiary/aromatic N) is 4. The molecule has 104 valence electrons. The highest BCUT2D eigenvalue weighted by atomic mass is 15.4. The molecule has 1 aromatic rings. The van der Waals surface area contributed by atoms with Crippen molar-refractivity contribution in [1.82, 2.24) is 25.4 Å². The van der Waals surface area contributed by atoms with Gasteiger partial charge in [0.25, 0.3) is 0 Å². The number of hydrogen-bond acceptors (Lipinski definition) is 3. The lowest BCUT2D eigenvalue weighted by atomic mass is 9.93. The molecule has 2 N–H and O–H groups in total. The Hall–Kier alpha value is -1.59. The van der Waals surface area contributed by atoms with Crippen molar-refractivity contribution < 1.29 is 0 Å². The van der Waals surface area contributed by atoms with E-state index in [2.05, 4.69) is 25.7 Å². The fourth-order valence-electron chi connectivity index (χ4n) is 2.69. The Morgan fingerprint density at radius 3 is 2.79 bits per heavy atom. The highest BCUT2D eigenvalue weighted by molar-refractivity contribution is 5.80. The molecule has 2 heterocycles. The summed E-state index contributed by atoms with van der Waals surface area (Å²) in [5.41, 5.74) is 0. The van der Waals surface area contributed by atoms with Crippen LogP contribution in [-0.2, 0) is 6.54 Å². The Bertz CT molecular complexity index is 473. The van der Waals surface area contributed by atoms with Crippen LogP contribution in [0.25, 0.3) is 0 Å². The average Bonchev–Trinajstić information content (AvgIpc) is 2.73. The third kappa shape index (κ3) is 2.57. The fraction of sp³-hybridized carbons (Fsp3) is 0.769. The van der Waals surface area contributed by atoms with E-state index in [0.29, 0.717) is 6.04 Å². The number of fused-ring (bicyclic) bond motifs is 1. The van der Waals surface area contributed by atoms with Crippen molar-refractivity contribution in [2.24, 2.45) is 4.99 Å². The Kier molecular flexibility index (Phi) is 3.40. The summed E-state index contributed by atoms with van der Waals surface area (Å²) in [6.07, 6.45) is 6.05. The lowest BCUT2D eigenvalue weighted by Gasteiger charge is -2.31. The topological polar surface area (TPSA) is 67.1 Å². The Labute approximate surface area is 113 Å². The molecular formula is C13H22N6. The number of rotatable bonds is 2. The van der Waals surface area contributed by atoms with Crippen LogP contribution in [0.5, 0.6) is 0 Å². The SMILES string of the molecule is CN=C(NC1CCC1)NC1CCCn2nc(C)nc21. The van der Waals surface area contributed by atoms with Gasteiger partial charge in [-0.15, -0.1) is 0 Å². The van der Waals surface area contributed by atoms with Crippen LogP contribution < -0.4 is 10.6 Å². The van der Waals surface area contributed by atoms with Gasteiger partial charge in [0.1, 0.15) is 11.6 Å².